The lowest BCUT2D eigenvalue weighted by molar-refractivity contribution is 0.218. The predicted molar refractivity (Wildman–Crippen MR) is 44.2 cm³/mol. The van der Waals surface area contributed by atoms with Gasteiger partial charge in [-0.15, -0.1) is 0 Å². The van der Waals surface area contributed by atoms with Crippen LogP contribution in [0.5, 0.6) is 0 Å². The van der Waals surface area contributed by atoms with E-state index in [-0.39, 0.29) is 0 Å². The Balaban J connectivity index is 2.53. The summed E-state index contributed by atoms with van der Waals surface area (Å²) in [7, 11) is 4.23. The normalized spacial score (nSPS) is 33.0. The first-order valence-electron chi connectivity index (χ1n) is 3.95. The molecule has 0 aromatic heterocycles. The molecule has 0 aromatic carbocycles. The third kappa shape index (κ3) is 1.32. The van der Waals surface area contributed by atoms with Crippen LogP contribution in [-0.2, 0) is 0 Å². The van der Waals surface area contributed by atoms with Crippen molar-refractivity contribution < 1.29 is 0 Å². The zero-order valence-corrected chi connectivity index (χ0v) is 7.44. The Bertz CT molecular complexity index is 120. The first-order chi connectivity index (χ1) is 4.56. The molecule has 1 aliphatic heterocycles. The maximum atomic E-state index is 3.31. The Morgan fingerprint density at radius 1 is 1.50 bits per heavy atom. The Morgan fingerprint density at radius 2 is 2.10 bits per heavy atom. The van der Waals surface area contributed by atoms with Crippen molar-refractivity contribution in [1.29, 1.82) is 0 Å². The Morgan fingerprint density at radius 3 is 2.30 bits per heavy atom. The summed E-state index contributed by atoms with van der Waals surface area (Å²) in [5.74, 6) is 0. The van der Waals surface area contributed by atoms with Crippen LogP contribution in [0.4, 0.5) is 0 Å². The predicted octanol–water partition coefficient (Wildman–Crippen LogP) is 0.688. The molecule has 1 rings (SSSR count). The molecule has 1 atom stereocenters. The highest BCUT2D eigenvalue weighted by Gasteiger charge is 2.34. The maximum absolute atomic E-state index is 3.31. The molecule has 0 aliphatic carbocycles. The van der Waals surface area contributed by atoms with Crippen LogP contribution in [0.25, 0.3) is 0 Å². The monoisotopic (exact) mass is 142 g/mol. The van der Waals surface area contributed by atoms with E-state index in [0.717, 1.165) is 0 Å². The molecule has 10 heavy (non-hydrogen) atoms. The molecule has 0 amide bonds. The molecule has 1 fully saturated rings. The van der Waals surface area contributed by atoms with Gasteiger partial charge in [-0.25, -0.2) is 0 Å². The fourth-order valence-corrected chi connectivity index (χ4v) is 1.59. The summed E-state index contributed by atoms with van der Waals surface area (Å²) >= 11 is 0. The summed E-state index contributed by atoms with van der Waals surface area (Å²) in [6.45, 7) is 5.78. The molecular formula is C8H18N2. The Hall–Kier alpha value is -0.0800. The minimum atomic E-state index is 0.397. The highest BCUT2D eigenvalue weighted by atomic mass is 15.2. The van der Waals surface area contributed by atoms with Crippen molar-refractivity contribution >= 4 is 0 Å². The summed E-state index contributed by atoms with van der Waals surface area (Å²) in [6, 6.07) is 0.694. The Kier molecular flexibility index (Phi) is 2.02. The fourth-order valence-electron chi connectivity index (χ4n) is 1.59. The minimum Gasteiger partial charge on any atom is -0.316 e. The lowest BCUT2D eigenvalue weighted by Crippen LogP contribution is -2.34. The van der Waals surface area contributed by atoms with Gasteiger partial charge in [0.05, 0.1) is 0 Å². The van der Waals surface area contributed by atoms with Gasteiger partial charge in [-0.1, -0.05) is 0 Å². The molecule has 0 bridgehead atoms. The average Bonchev–Trinajstić information content (AvgIpc) is 2.08. The molecule has 2 nitrogen and oxygen atoms in total. The van der Waals surface area contributed by atoms with Crippen LogP contribution < -0.4 is 5.32 Å². The molecule has 1 aliphatic rings. The van der Waals surface area contributed by atoms with Gasteiger partial charge in [0.2, 0.25) is 0 Å². The SMILES string of the molecule is CN[C@@H]1CN(C)C(C)(C)C1. The molecule has 0 unspecified atom stereocenters. The quantitative estimate of drug-likeness (QED) is 0.579. The van der Waals surface area contributed by atoms with Crippen LogP contribution in [0.2, 0.25) is 0 Å². The second-order valence-corrected chi connectivity index (χ2v) is 3.88. The molecule has 0 aromatic rings. The van der Waals surface area contributed by atoms with Gasteiger partial charge in [0.15, 0.2) is 0 Å². The second-order valence-electron chi connectivity index (χ2n) is 3.88. The molecule has 0 radical (unpaired) electrons. The highest BCUT2D eigenvalue weighted by molar-refractivity contribution is 4.93. The van der Waals surface area contributed by atoms with E-state index in [2.05, 4.69) is 31.1 Å². The van der Waals surface area contributed by atoms with Gasteiger partial charge < -0.3 is 5.32 Å². The van der Waals surface area contributed by atoms with Crippen molar-refractivity contribution in [2.75, 3.05) is 20.6 Å². The zero-order chi connectivity index (χ0) is 7.78. The summed E-state index contributed by atoms with van der Waals surface area (Å²) < 4.78 is 0. The standard InChI is InChI=1S/C8H18N2/c1-8(2)5-7(9-3)6-10(8)4/h7,9H,5-6H2,1-4H3/t7-/m0/s1. The number of nitrogens with one attached hydrogen (secondary N) is 1. The van der Waals surface area contributed by atoms with Crippen LogP contribution >= 0.6 is 0 Å². The summed E-state index contributed by atoms with van der Waals surface area (Å²) in [5.41, 5.74) is 0.397. The van der Waals surface area contributed by atoms with Gasteiger partial charge in [-0.3, -0.25) is 4.90 Å². The number of hydrogen-bond acceptors (Lipinski definition) is 2. The second kappa shape index (κ2) is 2.51. The molecule has 0 saturated carbocycles. The van der Waals surface area contributed by atoms with E-state index < -0.39 is 0 Å². The number of likely N-dealkylation sites (tertiary alicyclic amines) is 1. The highest BCUT2D eigenvalue weighted by Crippen LogP contribution is 2.25. The molecule has 0 spiro atoms. The van der Waals surface area contributed by atoms with Crippen LogP contribution in [-0.4, -0.2) is 37.1 Å². The summed E-state index contributed by atoms with van der Waals surface area (Å²) in [4.78, 5) is 2.41. The van der Waals surface area contributed by atoms with Crippen molar-refractivity contribution in [3.05, 3.63) is 0 Å². The Labute approximate surface area is 63.6 Å². The first kappa shape index (κ1) is 8.02. The van der Waals surface area contributed by atoms with Gasteiger partial charge >= 0.3 is 0 Å². The number of hydrogen-bond donors (Lipinski definition) is 1. The molecule has 1 N–H and O–H groups in total. The first-order valence-corrected chi connectivity index (χ1v) is 3.95. The minimum absolute atomic E-state index is 0.397. The van der Waals surface area contributed by atoms with Gasteiger partial charge in [-0.05, 0) is 34.4 Å². The number of likely N-dealkylation sites (N-methyl/N-ethyl adjacent to an activating group) is 2. The van der Waals surface area contributed by atoms with E-state index in [1.54, 1.807) is 0 Å². The van der Waals surface area contributed by atoms with E-state index in [1.807, 2.05) is 7.05 Å². The molecular weight excluding hydrogens is 124 g/mol. The lowest BCUT2D eigenvalue weighted by Gasteiger charge is -2.26. The van der Waals surface area contributed by atoms with Crippen molar-refractivity contribution in [3.8, 4) is 0 Å². The van der Waals surface area contributed by atoms with Gasteiger partial charge in [-0.2, -0.15) is 0 Å². The topological polar surface area (TPSA) is 15.3 Å². The largest absolute Gasteiger partial charge is 0.316 e. The molecule has 1 saturated heterocycles. The summed E-state index contributed by atoms with van der Waals surface area (Å²) in [6.07, 6.45) is 1.26. The van der Waals surface area contributed by atoms with E-state index in [1.165, 1.54) is 13.0 Å². The summed E-state index contributed by atoms with van der Waals surface area (Å²) in [5, 5.41) is 3.31. The van der Waals surface area contributed by atoms with Crippen molar-refractivity contribution in [1.82, 2.24) is 10.2 Å². The maximum Gasteiger partial charge on any atom is 0.0209 e. The third-order valence-electron chi connectivity index (χ3n) is 2.68. The molecule has 1 heterocycles. The van der Waals surface area contributed by atoms with E-state index >= 15 is 0 Å². The van der Waals surface area contributed by atoms with E-state index in [0.29, 0.717) is 11.6 Å². The van der Waals surface area contributed by atoms with Gasteiger partial charge in [0.25, 0.3) is 0 Å². The van der Waals surface area contributed by atoms with Crippen LogP contribution in [0.15, 0.2) is 0 Å². The smallest absolute Gasteiger partial charge is 0.0209 e. The molecule has 60 valence electrons. The fraction of sp³-hybridized carbons (Fsp3) is 1.00. The van der Waals surface area contributed by atoms with Crippen LogP contribution in [0.1, 0.15) is 20.3 Å². The van der Waals surface area contributed by atoms with E-state index in [9.17, 15) is 0 Å². The van der Waals surface area contributed by atoms with Crippen LogP contribution in [0.3, 0.4) is 0 Å². The van der Waals surface area contributed by atoms with Crippen molar-refractivity contribution in [2.45, 2.75) is 31.8 Å². The average molecular weight is 142 g/mol. The van der Waals surface area contributed by atoms with Crippen molar-refractivity contribution in [2.24, 2.45) is 0 Å². The number of nitrogens with zero attached hydrogens (tertiary/aromatic N) is 1. The third-order valence-corrected chi connectivity index (χ3v) is 2.68. The van der Waals surface area contributed by atoms with Gasteiger partial charge in [0.1, 0.15) is 0 Å². The van der Waals surface area contributed by atoms with Crippen molar-refractivity contribution in [3.63, 3.8) is 0 Å². The lowest BCUT2D eigenvalue weighted by atomic mass is 10.0. The van der Waals surface area contributed by atoms with Gasteiger partial charge in [0, 0.05) is 18.1 Å². The van der Waals surface area contributed by atoms with E-state index in [4.69, 9.17) is 0 Å². The van der Waals surface area contributed by atoms with Crippen LogP contribution in [0, 0.1) is 0 Å². The zero-order valence-electron chi connectivity index (χ0n) is 7.44. The molecule has 2 heteroatoms. The number of rotatable bonds is 1.